The van der Waals surface area contributed by atoms with E-state index in [-0.39, 0.29) is 0 Å². The third kappa shape index (κ3) is 1.90. The van der Waals surface area contributed by atoms with Crippen molar-refractivity contribution in [1.82, 2.24) is 14.8 Å². The van der Waals surface area contributed by atoms with Crippen LogP contribution in [0.15, 0.2) is 36.5 Å². The molecule has 2 aromatic heterocycles. The molecule has 1 aromatic carbocycles. The molecule has 0 bridgehead atoms. The summed E-state index contributed by atoms with van der Waals surface area (Å²) in [5.41, 5.74) is 8.90. The number of fused-ring (bicyclic) bond motifs is 1. The maximum absolute atomic E-state index is 5.78. The van der Waals surface area contributed by atoms with Crippen LogP contribution in [-0.2, 0) is 6.54 Å². The zero-order valence-electron chi connectivity index (χ0n) is 11.1. The Morgan fingerprint density at radius 1 is 1.16 bits per heavy atom. The van der Waals surface area contributed by atoms with E-state index < -0.39 is 0 Å². The number of rotatable bonds is 2. The average molecular weight is 252 g/mol. The summed E-state index contributed by atoms with van der Waals surface area (Å²) < 4.78 is 1.89. The molecule has 19 heavy (non-hydrogen) atoms. The number of benzene rings is 1. The molecule has 0 saturated carbocycles. The number of hydrogen-bond donors (Lipinski definition) is 1. The summed E-state index contributed by atoms with van der Waals surface area (Å²) in [6, 6.07) is 10.2. The van der Waals surface area contributed by atoms with Crippen LogP contribution in [0.25, 0.3) is 16.6 Å². The van der Waals surface area contributed by atoms with Crippen molar-refractivity contribution in [1.29, 1.82) is 0 Å². The van der Waals surface area contributed by atoms with Gasteiger partial charge in [-0.15, -0.1) is 0 Å². The van der Waals surface area contributed by atoms with Gasteiger partial charge in [-0.3, -0.25) is 0 Å². The highest BCUT2D eigenvalue weighted by molar-refractivity contribution is 5.90. The minimum absolute atomic E-state index is 0.491. The van der Waals surface area contributed by atoms with Crippen LogP contribution >= 0.6 is 0 Å². The van der Waals surface area contributed by atoms with E-state index in [1.54, 1.807) is 0 Å². The van der Waals surface area contributed by atoms with E-state index in [1.165, 1.54) is 0 Å². The van der Waals surface area contributed by atoms with Crippen LogP contribution in [0.3, 0.4) is 0 Å². The first-order valence-electron chi connectivity index (χ1n) is 6.31. The summed E-state index contributed by atoms with van der Waals surface area (Å²) in [5, 5.41) is 6.73. The van der Waals surface area contributed by atoms with Gasteiger partial charge in [0, 0.05) is 23.8 Å². The molecule has 2 N–H and O–H groups in total. The van der Waals surface area contributed by atoms with Crippen LogP contribution < -0.4 is 5.73 Å². The normalized spacial score (nSPS) is 11.1. The Kier molecular flexibility index (Phi) is 2.80. The first-order chi connectivity index (χ1) is 9.20. The number of nitrogens with zero attached hydrogens (tertiary/aromatic N) is 3. The van der Waals surface area contributed by atoms with Crippen molar-refractivity contribution in [2.75, 3.05) is 0 Å². The molecule has 0 amide bonds. The number of pyridine rings is 1. The molecule has 4 heteroatoms. The fraction of sp³-hybridized carbons (Fsp3) is 0.200. The molecule has 0 aliphatic heterocycles. The monoisotopic (exact) mass is 252 g/mol. The first kappa shape index (κ1) is 11.9. The van der Waals surface area contributed by atoms with Crippen LogP contribution in [0, 0.1) is 13.8 Å². The third-order valence-electron chi connectivity index (χ3n) is 3.29. The number of hydrogen-bond acceptors (Lipinski definition) is 3. The fourth-order valence-electron chi connectivity index (χ4n) is 2.41. The van der Waals surface area contributed by atoms with Gasteiger partial charge in [-0.2, -0.15) is 5.10 Å². The minimum atomic E-state index is 0.491. The Morgan fingerprint density at radius 2 is 1.89 bits per heavy atom. The number of aryl methyl sites for hydroxylation is 2. The Balaban J connectivity index is 2.34. The van der Waals surface area contributed by atoms with Crippen LogP contribution in [0.2, 0.25) is 0 Å². The highest BCUT2D eigenvalue weighted by atomic mass is 15.3. The molecule has 3 aromatic rings. The topological polar surface area (TPSA) is 56.7 Å². The molecule has 0 radical (unpaired) electrons. The van der Waals surface area contributed by atoms with Crippen molar-refractivity contribution >= 4 is 10.8 Å². The lowest BCUT2D eigenvalue weighted by atomic mass is 10.1. The fourth-order valence-corrected chi connectivity index (χ4v) is 2.41. The SMILES string of the molecule is Cc1cc(C)n(-c2ncc(CN)c3ccccc23)n1. The van der Waals surface area contributed by atoms with E-state index in [2.05, 4.69) is 22.2 Å². The molecule has 0 aliphatic rings. The lowest BCUT2D eigenvalue weighted by molar-refractivity contribution is 0.812. The minimum Gasteiger partial charge on any atom is -0.326 e. The molecular formula is C15H16N4. The lowest BCUT2D eigenvalue weighted by Gasteiger charge is -2.10. The maximum Gasteiger partial charge on any atom is 0.161 e. The van der Waals surface area contributed by atoms with E-state index in [0.29, 0.717) is 6.54 Å². The summed E-state index contributed by atoms with van der Waals surface area (Å²) in [6.45, 7) is 4.51. The molecule has 96 valence electrons. The third-order valence-corrected chi connectivity index (χ3v) is 3.29. The van der Waals surface area contributed by atoms with Crippen molar-refractivity contribution in [3.63, 3.8) is 0 Å². The van der Waals surface area contributed by atoms with E-state index in [0.717, 1.165) is 33.5 Å². The Morgan fingerprint density at radius 3 is 2.53 bits per heavy atom. The van der Waals surface area contributed by atoms with Crippen molar-refractivity contribution in [2.45, 2.75) is 20.4 Å². The van der Waals surface area contributed by atoms with Crippen molar-refractivity contribution in [2.24, 2.45) is 5.73 Å². The lowest BCUT2D eigenvalue weighted by Crippen LogP contribution is -2.06. The van der Waals surface area contributed by atoms with Gasteiger partial charge in [0.1, 0.15) is 0 Å². The van der Waals surface area contributed by atoms with Crippen molar-refractivity contribution < 1.29 is 0 Å². The first-order valence-corrected chi connectivity index (χ1v) is 6.31. The molecule has 0 aliphatic carbocycles. The predicted octanol–water partition coefficient (Wildman–Crippen LogP) is 2.50. The second-order valence-corrected chi connectivity index (χ2v) is 4.70. The van der Waals surface area contributed by atoms with Crippen molar-refractivity contribution in [3.8, 4) is 5.82 Å². The van der Waals surface area contributed by atoms with Crippen LogP contribution in [0.4, 0.5) is 0 Å². The highest BCUT2D eigenvalue weighted by Crippen LogP contribution is 2.24. The van der Waals surface area contributed by atoms with Gasteiger partial charge in [-0.05, 0) is 30.9 Å². The Labute approximate surface area is 111 Å². The molecular weight excluding hydrogens is 236 g/mol. The largest absolute Gasteiger partial charge is 0.326 e. The van der Waals surface area contributed by atoms with Gasteiger partial charge in [-0.1, -0.05) is 24.3 Å². The quantitative estimate of drug-likeness (QED) is 0.762. The van der Waals surface area contributed by atoms with Crippen LogP contribution in [0.5, 0.6) is 0 Å². The molecule has 0 unspecified atom stereocenters. The molecule has 0 saturated heterocycles. The van der Waals surface area contributed by atoms with E-state index >= 15 is 0 Å². The van der Waals surface area contributed by atoms with Crippen molar-refractivity contribution in [3.05, 3.63) is 53.5 Å². The van der Waals surface area contributed by atoms with Gasteiger partial charge in [0.2, 0.25) is 0 Å². The van der Waals surface area contributed by atoms with Crippen LogP contribution in [0.1, 0.15) is 17.0 Å². The summed E-state index contributed by atoms with van der Waals surface area (Å²) in [5.74, 6) is 0.860. The second-order valence-electron chi connectivity index (χ2n) is 4.70. The molecule has 4 nitrogen and oxygen atoms in total. The number of aromatic nitrogens is 3. The van der Waals surface area contributed by atoms with Gasteiger partial charge < -0.3 is 5.73 Å². The molecule has 0 fully saturated rings. The van der Waals surface area contributed by atoms with E-state index in [9.17, 15) is 0 Å². The Hall–Kier alpha value is -2.20. The summed E-state index contributed by atoms with van der Waals surface area (Å²) in [7, 11) is 0. The van der Waals surface area contributed by atoms with Gasteiger partial charge in [0.25, 0.3) is 0 Å². The molecule has 2 heterocycles. The standard InChI is InChI=1S/C15H16N4/c1-10-7-11(2)19(18-10)15-14-6-4-3-5-13(14)12(8-16)9-17-15/h3-7,9H,8,16H2,1-2H3. The Bertz CT molecular complexity index is 743. The maximum atomic E-state index is 5.78. The zero-order chi connectivity index (χ0) is 13.4. The zero-order valence-corrected chi connectivity index (χ0v) is 11.1. The van der Waals surface area contributed by atoms with E-state index in [4.69, 9.17) is 5.73 Å². The van der Waals surface area contributed by atoms with Gasteiger partial charge in [-0.25, -0.2) is 9.67 Å². The summed E-state index contributed by atoms with van der Waals surface area (Å²) >= 11 is 0. The van der Waals surface area contributed by atoms with Crippen LogP contribution in [-0.4, -0.2) is 14.8 Å². The summed E-state index contributed by atoms with van der Waals surface area (Å²) in [6.07, 6.45) is 1.84. The molecule has 0 atom stereocenters. The van der Waals surface area contributed by atoms with Gasteiger partial charge >= 0.3 is 0 Å². The summed E-state index contributed by atoms with van der Waals surface area (Å²) in [4.78, 5) is 4.54. The number of nitrogens with two attached hydrogens (primary N) is 1. The molecule has 3 rings (SSSR count). The average Bonchev–Trinajstić information content (AvgIpc) is 2.76. The van der Waals surface area contributed by atoms with Gasteiger partial charge in [0.15, 0.2) is 5.82 Å². The van der Waals surface area contributed by atoms with E-state index in [1.807, 2.05) is 42.9 Å². The smallest absolute Gasteiger partial charge is 0.161 e. The second kappa shape index (κ2) is 4.48. The van der Waals surface area contributed by atoms with Gasteiger partial charge in [0.05, 0.1) is 5.69 Å². The predicted molar refractivity (Wildman–Crippen MR) is 76.2 cm³/mol. The molecule has 0 spiro atoms. The highest BCUT2D eigenvalue weighted by Gasteiger charge is 2.11.